The third kappa shape index (κ3) is 3.17. The number of benzene rings is 2. The van der Waals surface area contributed by atoms with Crippen LogP contribution in [0.3, 0.4) is 0 Å². The van der Waals surface area contributed by atoms with Crippen LogP contribution in [-0.4, -0.2) is 40.8 Å². The van der Waals surface area contributed by atoms with E-state index in [4.69, 9.17) is 4.74 Å². The molecule has 146 valence electrons. The molecule has 0 bridgehead atoms. The Hall–Kier alpha value is -3.52. The van der Waals surface area contributed by atoms with Crippen molar-refractivity contribution in [2.24, 2.45) is 4.99 Å². The Labute approximate surface area is 170 Å². The van der Waals surface area contributed by atoms with Crippen LogP contribution in [0, 0.1) is 0 Å². The maximum Gasteiger partial charge on any atom is 0.268 e. The number of para-hydroxylation sites is 1. The van der Waals surface area contributed by atoms with Gasteiger partial charge in [-0.25, -0.2) is 0 Å². The number of nitrogens with zero attached hydrogens (tertiary/aromatic N) is 3. The fourth-order valence-corrected chi connectivity index (χ4v) is 4.38. The molecule has 0 fully saturated rings. The number of hydrogen-bond acceptors (Lipinski definition) is 5. The van der Waals surface area contributed by atoms with Gasteiger partial charge in [0.15, 0.2) is 4.80 Å². The zero-order valence-electron chi connectivity index (χ0n) is 15.6. The lowest BCUT2D eigenvalue weighted by Gasteiger charge is -2.10. The molecule has 2 aromatic carbocycles. The van der Waals surface area contributed by atoms with Gasteiger partial charge in [-0.05, 0) is 24.3 Å². The van der Waals surface area contributed by atoms with Gasteiger partial charge in [0.25, 0.3) is 17.7 Å². The Balaban J connectivity index is 1.70. The summed E-state index contributed by atoms with van der Waals surface area (Å²) in [4.78, 5) is 43.1. The average molecular weight is 407 g/mol. The molecule has 2 heterocycles. The highest BCUT2D eigenvalue weighted by Crippen LogP contribution is 2.27. The number of thiazole rings is 1. The van der Waals surface area contributed by atoms with E-state index in [1.807, 2.05) is 22.8 Å². The van der Waals surface area contributed by atoms with Gasteiger partial charge < -0.3 is 9.30 Å². The number of allylic oxidation sites excluding steroid dienone is 1. The lowest BCUT2D eigenvalue weighted by molar-refractivity contribution is -0.118. The fraction of sp³-hybridized carbons (Fsp3) is 0.143. The number of rotatable bonds is 5. The van der Waals surface area contributed by atoms with Gasteiger partial charge in [-0.3, -0.25) is 19.3 Å². The minimum Gasteiger partial charge on any atom is -0.495 e. The molecule has 4 rings (SSSR count). The number of carbonyl (C=O) groups excluding carboxylic acids is 3. The molecule has 1 aromatic heterocycles. The van der Waals surface area contributed by atoms with E-state index in [0.29, 0.717) is 28.2 Å². The van der Waals surface area contributed by atoms with Crippen LogP contribution >= 0.6 is 11.3 Å². The molecule has 0 unspecified atom stereocenters. The maximum atomic E-state index is 12.6. The van der Waals surface area contributed by atoms with Gasteiger partial charge in [-0.15, -0.1) is 6.58 Å². The van der Waals surface area contributed by atoms with Crippen LogP contribution < -0.4 is 9.54 Å². The quantitative estimate of drug-likeness (QED) is 0.481. The lowest BCUT2D eigenvalue weighted by Crippen LogP contribution is -2.35. The van der Waals surface area contributed by atoms with Crippen LogP contribution in [0.15, 0.2) is 60.1 Å². The van der Waals surface area contributed by atoms with E-state index in [-0.39, 0.29) is 0 Å². The molecular weight excluding hydrogens is 390 g/mol. The predicted molar refractivity (Wildman–Crippen MR) is 109 cm³/mol. The third-order valence-electron chi connectivity index (χ3n) is 4.59. The summed E-state index contributed by atoms with van der Waals surface area (Å²) < 4.78 is 8.16. The van der Waals surface area contributed by atoms with Crippen molar-refractivity contribution >= 4 is 39.3 Å². The Morgan fingerprint density at radius 3 is 2.45 bits per heavy atom. The molecule has 0 saturated heterocycles. The highest BCUT2D eigenvalue weighted by molar-refractivity contribution is 7.16. The first kappa shape index (κ1) is 18.8. The molecule has 0 saturated carbocycles. The Morgan fingerprint density at radius 1 is 1.14 bits per heavy atom. The molecule has 7 nitrogen and oxygen atoms in total. The SMILES string of the molecule is C=CCn1c(=NC(=O)CN2C(=O)c3ccccc3C2=O)sc2cccc(OC)c21. The summed E-state index contributed by atoms with van der Waals surface area (Å²) in [5.74, 6) is -0.880. The number of amides is 3. The minimum atomic E-state index is -0.581. The fourth-order valence-electron chi connectivity index (χ4n) is 3.31. The minimum absolute atomic E-state index is 0.304. The number of ether oxygens (including phenoxy) is 1. The smallest absolute Gasteiger partial charge is 0.268 e. The summed E-state index contributed by atoms with van der Waals surface area (Å²) in [6.07, 6.45) is 1.70. The molecule has 1 aliphatic rings. The number of imide groups is 1. The first-order chi connectivity index (χ1) is 14.0. The second-order valence-electron chi connectivity index (χ2n) is 6.34. The Kier molecular flexibility index (Phi) is 4.85. The van der Waals surface area contributed by atoms with Crippen LogP contribution in [0.5, 0.6) is 5.75 Å². The van der Waals surface area contributed by atoms with E-state index in [9.17, 15) is 14.4 Å². The molecule has 29 heavy (non-hydrogen) atoms. The van der Waals surface area contributed by atoms with E-state index in [2.05, 4.69) is 11.6 Å². The Morgan fingerprint density at radius 2 is 1.83 bits per heavy atom. The zero-order valence-corrected chi connectivity index (χ0v) is 16.4. The van der Waals surface area contributed by atoms with E-state index in [1.165, 1.54) is 11.3 Å². The van der Waals surface area contributed by atoms with Gasteiger partial charge in [-0.1, -0.05) is 35.6 Å². The Bertz CT molecular complexity index is 1200. The van der Waals surface area contributed by atoms with Gasteiger partial charge in [0.1, 0.15) is 17.8 Å². The van der Waals surface area contributed by atoms with E-state index in [1.54, 1.807) is 37.5 Å². The van der Waals surface area contributed by atoms with Crippen molar-refractivity contribution in [3.8, 4) is 5.75 Å². The van der Waals surface area contributed by atoms with Crippen LogP contribution in [0.4, 0.5) is 0 Å². The number of hydrogen-bond donors (Lipinski definition) is 0. The lowest BCUT2D eigenvalue weighted by atomic mass is 10.1. The summed E-state index contributed by atoms with van der Waals surface area (Å²) in [6, 6.07) is 12.1. The summed E-state index contributed by atoms with van der Waals surface area (Å²) in [7, 11) is 1.58. The van der Waals surface area contributed by atoms with Crippen molar-refractivity contribution in [1.82, 2.24) is 9.47 Å². The zero-order chi connectivity index (χ0) is 20.5. The maximum absolute atomic E-state index is 12.6. The predicted octanol–water partition coefficient (Wildman–Crippen LogP) is 2.62. The second-order valence-corrected chi connectivity index (χ2v) is 7.35. The largest absolute Gasteiger partial charge is 0.495 e. The van der Waals surface area contributed by atoms with Crippen molar-refractivity contribution in [2.45, 2.75) is 6.54 Å². The summed E-state index contributed by atoms with van der Waals surface area (Å²) in [6.45, 7) is 3.78. The van der Waals surface area contributed by atoms with Crippen molar-refractivity contribution in [1.29, 1.82) is 0 Å². The third-order valence-corrected chi connectivity index (χ3v) is 5.63. The van der Waals surface area contributed by atoms with Crippen LogP contribution in [-0.2, 0) is 11.3 Å². The first-order valence-corrected chi connectivity index (χ1v) is 9.67. The van der Waals surface area contributed by atoms with E-state index < -0.39 is 24.3 Å². The first-order valence-electron chi connectivity index (χ1n) is 8.85. The summed E-state index contributed by atoms with van der Waals surface area (Å²) in [5.41, 5.74) is 1.42. The molecular formula is C21H17N3O4S. The standard InChI is InChI=1S/C21H17N3O4S/c1-3-11-23-18-15(28-2)9-6-10-16(18)29-21(23)22-17(25)12-24-19(26)13-7-4-5-8-14(13)20(24)27/h3-10H,1,11-12H2,2H3. The number of aromatic nitrogens is 1. The number of methoxy groups -OCH3 is 1. The number of carbonyl (C=O) groups is 3. The summed E-state index contributed by atoms with van der Waals surface area (Å²) >= 11 is 1.33. The molecule has 0 spiro atoms. The normalized spacial score (nSPS) is 13.8. The monoisotopic (exact) mass is 407 g/mol. The molecule has 0 N–H and O–H groups in total. The number of fused-ring (bicyclic) bond motifs is 2. The molecule has 8 heteroatoms. The van der Waals surface area contributed by atoms with Crippen molar-refractivity contribution in [3.63, 3.8) is 0 Å². The van der Waals surface area contributed by atoms with Crippen molar-refractivity contribution in [3.05, 3.63) is 71.0 Å². The highest BCUT2D eigenvalue weighted by Gasteiger charge is 2.36. The highest BCUT2D eigenvalue weighted by atomic mass is 32.1. The second kappa shape index (κ2) is 7.48. The molecule has 0 radical (unpaired) electrons. The molecule has 3 aromatic rings. The van der Waals surface area contributed by atoms with Crippen molar-refractivity contribution < 1.29 is 19.1 Å². The van der Waals surface area contributed by atoms with E-state index >= 15 is 0 Å². The van der Waals surface area contributed by atoms with E-state index in [0.717, 1.165) is 15.1 Å². The van der Waals surface area contributed by atoms with Gasteiger partial charge in [0.05, 0.1) is 22.9 Å². The van der Waals surface area contributed by atoms with Gasteiger partial charge in [-0.2, -0.15) is 4.99 Å². The molecule has 3 amide bonds. The van der Waals surface area contributed by atoms with Gasteiger partial charge in [0.2, 0.25) is 0 Å². The van der Waals surface area contributed by atoms with Crippen molar-refractivity contribution in [2.75, 3.05) is 13.7 Å². The van der Waals surface area contributed by atoms with Crippen LogP contribution in [0.2, 0.25) is 0 Å². The molecule has 0 atom stereocenters. The summed E-state index contributed by atoms with van der Waals surface area (Å²) in [5, 5.41) is 0. The molecule has 0 aliphatic carbocycles. The van der Waals surface area contributed by atoms with Gasteiger partial charge in [0, 0.05) is 6.54 Å². The topological polar surface area (TPSA) is 81.0 Å². The van der Waals surface area contributed by atoms with Crippen LogP contribution in [0.25, 0.3) is 10.2 Å². The molecule has 1 aliphatic heterocycles. The average Bonchev–Trinajstić information content (AvgIpc) is 3.19. The van der Waals surface area contributed by atoms with Gasteiger partial charge >= 0.3 is 0 Å². The van der Waals surface area contributed by atoms with Crippen LogP contribution in [0.1, 0.15) is 20.7 Å².